The first-order valence-corrected chi connectivity index (χ1v) is 11.6. The van der Waals surface area contributed by atoms with Crippen LogP contribution in [0.2, 0.25) is 5.02 Å². The number of carbonyl (C=O) groups is 1. The van der Waals surface area contributed by atoms with Crippen molar-refractivity contribution in [1.82, 2.24) is 14.9 Å². The lowest BCUT2D eigenvalue weighted by molar-refractivity contribution is 0.0940. The molecule has 0 unspecified atom stereocenters. The van der Waals surface area contributed by atoms with Crippen LogP contribution in [0.5, 0.6) is 0 Å². The molecule has 5 rings (SSSR count). The summed E-state index contributed by atoms with van der Waals surface area (Å²) in [7, 11) is 0. The average molecular weight is 467 g/mol. The molecule has 33 heavy (non-hydrogen) atoms. The molecule has 170 valence electrons. The number of hydrogen-bond donors (Lipinski definition) is 1. The average Bonchev–Trinajstić information content (AvgIpc) is 3.20. The minimum Gasteiger partial charge on any atom is -0.352 e. The van der Waals surface area contributed by atoms with Crippen molar-refractivity contribution in [2.75, 3.05) is 13.1 Å². The van der Waals surface area contributed by atoms with Gasteiger partial charge in [-0.05, 0) is 61.9 Å². The van der Waals surface area contributed by atoms with E-state index in [-0.39, 0.29) is 23.4 Å². The Hall–Kier alpha value is -3.06. The Bertz CT molecular complexity index is 1430. The zero-order valence-corrected chi connectivity index (χ0v) is 19.0. The largest absolute Gasteiger partial charge is 0.352 e. The van der Waals surface area contributed by atoms with E-state index < -0.39 is 5.95 Å². The summed E-state index contributed by atoms with van der Waals surface area (Å²) < 4.78 is 14.9. The number of fused-ring (bicyclic) bond motifs is 3. The lowest BCUT2D eigenvalue weighted by Gasteiger charge is -2.31. The second kappa shape index (κ2) is 8.71. The number of nitrogens with zero attached hydrogens (tertiary/aromatic N) is 3. The van der Waals surface area contributed by atoms with Crippen molar-refractivity contribution in [2.45, 2.75) is 38.6 Å². The van der Waals surface area contributed by atoms with Gasteiger partial charge in [-0.25, -0.2) is 4.98 Å². The van der Waals surface area contributed by atoms with Gasteiger partial charge in [-0.15, -0.1) is 0 Å². The number of pyridine rings is 2. The van der Waals surface area contributed by atoms with Gasteiger partial charge in [0, 0.05) is 24.2 Å². The van der Waals surface area contributed by atoms with Gasteiger partial charge >= 0.3 is 0 Å². The summed E-state index contributed by atoms with van der Waals surface area (Å²) >= 11 is 6.57. The van der Waals surface area contributed by atoms with Crippen molar-refractivity contribution in [3.8, 4) is 0 Å². The van der Waals surface area contributed by atoms with Crippen LogP contribution < -0.4 is 21.5 Å². The van der Waals surface area contributed by atoms with Crippen molar-refractivity contribution in [3.63, 3.8) is 0 Å². The molecule has 1 aliphatic heterocycles. The van der Waals surface area contributed by atoms with Crippen LogP contribution >= 0.6 is 11.6 Å². The number of amides is 1. The van der Waals surface area contributed by atoms with Crippen molar-refractivity contribution in [2.24, 2.45) is 10.9 Å². The van der Waals surface area contributed by atoms with E-state index in [0.717, 1.165) is 42.2 Å². The van der Waals surface area contributed by atoms with E-state index in [4.69, 9.17) is 11.6 Å². The summed E-state index contributed by atoms with van der Waals surface area (Å²) in [4.78, 5) is 34.2. The standard InChI is InChI=1S/C25H24ClFN4O2/c1-14-11-29-23-21(14)25(33)31(19-7-3-6-18(26)22(19)23)17-5-2-4-15(10-17)12-30-24(32)16-8-9-20(27)28-13-16/h3,6-9,13,15,17H,2,4-5,10-12H2,1H3,(H,30,32)/t15-,17+/m1/s1. The Morgan fingerprint density at radius 1 is 1.27 bits per heavy atom. The highest BCUT2D eigenvalue weighted by atomic mass is 35.5. The monoisotopic (exact) mass is 466 g/mol. The summed E-state index contributed by atoms with van der Waals surface area (Å²) in [5.41, 5.74) is 2.11. The number of benzene rings is 1. The number of hydrogen-bond acceptors (Lipinski definition) is 4. The molecule has 3 heterocycles. The van der Waals surface area contributed by atoms with Gasteiger partial charge < -0.3 is 9.88 Å². The van der Waals surface area contributed by atoms with Crippen molar-refractivity contribution >= 4 is 34.0 Å². The predicted molar refractivity (Wildman–Crippen MR) is 125 cm³/mol. The van der Waals surface area contributed by atoms with Gasteiger partial charge in [0.15, 0.2) is 0 Å². The van der Waals surface area contributed by atoms with E-state index in [1.807, 2.05) is 29.7 Å². The Kier molecular flexibility index (Phi) is 5.74. The molecule has 8 heteroatoms. The van der Waals surface area contributed by atoms with Crippen molar-refractivity contribution < 1.29 is 9.18 Å². The first kappa shape index (κ1) is 21.8. The molecule has 2 atom stereocenters. The summed E-state index contributed by atoms with van der Waals surface area (Å²) in [6.45, 7) is 2.96. The third-order valence-electron chi connectivity index (χ3n) is 6.72. The van der Waals surface area contributed by atoms with E-state index in [1.165, 1.54) is 18.3 Å². The fourth-order valence-electron chi connectivity index (χ4n) is 5.12. The highest BCUT2D eigenvalue weighted by Gasteiger charge is 2.27. The first-order valence-electron chi connectivity index (χ1n) is 11.2. The molecule has 1 aliphatic carbocycles. The van der Waals surface area contributed by atoms with Crippen LogP contribution in [0.1, 0.15) is 49.0 Å². The predicted octanol–water partition coefficient (Wildman–Crippen LogP) is 3.15. The van der Waals surface area contributed by atoms with Crippen LogP contribution in [0.25, 0.3) is 16.5 Å². The van der Waals surface area contributed by atoms with Crippen LogP contribution in [-0.2, 0) is 0 Å². The van der Waals surface area contributed by atoms with Gasteiger partial charge in [-0.2, -0.15) is 4.39 Å². The Balaban J connectivity index is 1.44. The van der Waals surface area contributed by atoms with Crippen LogP contribution in [0.15, 0.2) is 46.3 Å². The minimum absolute atomic E-state index is 0.00871. The molecule has 1 aromatic carbocycles. The fourth-order valence-corrected chi connectivity index (χ4v) is 5.38. The molecule has 2 aromatic heterocycles. The zero-order chi connectivity index (χ0) is 23.1. The lowest BCUT2D eigenvalue weighted by Crippen LogP contribution is -2.47. The summed E-state index contributed by atoms with van der Waals surface area (Å²) in [5.74, 6) is -0.664. The zero-order valence-electron chi connectivity index (χ0n) is 18.3. The van der Waals surface area contributed by atoms with Crippen LogP contribution in [0, 0.1) is 11.9 Å². The molecule has 0 saturated heterocycles. The Morgan fingerprint density at radius 2 is 2.12 bits per heavy atom. The normalized spacial score (nSPS) is 19.9. The van der Waals surface area contributed by atoms with E-state index in [2.05, 4.69) is 15.3 Å². The third-order valence-corrected chi connectivity index (χ3v) is 7.03. The van der Waals surface area contributed by atoms with Crippen LogP contribution in [0.4, 0.5) is 4.39 Å². The number of nitrogens with one attached hydrogen (secondary N) is 1. The molecule has 3 aromatic rings. The number of carbonyl (C=O) groups excluding carboxylic acids is 1. The molecule has 0 bridgehead atoms. The highest BCUT2D eigenvalue weighted by Crippen LogP contribution is 2.33. The minimum atomic E-state index is -0.617. The second-order valence-corrected chi connectivity index (χ2v) is 9.30. The van der Waals surface area contributed by atoms with Gasteiger partial charge in [-0.3, -0.25) is 14.6 Å². The van der Waals surface area contributed by atoms with E-state index in [9.17, 15) is 14.0 Å². The van der Waals surface area contributed by atoms with Crippen molar-refractivity contribution in [1.29, 1.82) is 0 Å². The quantitative estimate of drug-likeness (QED) is 0.600. The molecule has 6 nitrogen and oxygen atoms in total. The number of aromatic nitrogens is 2. The molecule has 1 fully saturated rings. The van der Waals surface area contributed by atoms with Gasteiger partial charge in [0.25, 0.3) is 11.5 Å². The van der Waals surface area contributed by atoms with Gasteiger partial charge in [0.2, 0.25) is 5.95 Å². The number of halogens is 2. The maximum absolute atomic E-state index is 13.6. The molecule has 1 saturated carbocycles. The molecule has 2 aliphatic rings. The maximum Gasteiger partial charge on any atom is 0.260 e. The molecule has 1 amide bonds. The second-order valence-electron chi connectivity index (χ2n) is 8.90. The molecule has 1 N–H and O–H groups in total. The first-order chi connectivity index (χ1) is 15.9. The van der Waals surface area contributed by atoms with Crippen LogP contribution in [-0.4, -0.2) is 28.5 Å². The van der Waals surface area contributed by atoms with Crippen molar-refractivity contribution in [3.05, 3.63) is 74.0 Å². The van der Waals surface area contributed by atoms with E-state index >= 15 is 0 Å². The molecular formula is C25H24ClFN4O2. The molecular weight excluding hydrogens is 443 g/mol. The smallest absolute Gasteiger partial charge is 0.260 e. The SMILES string of the molecule is CC1=c2c(c3c(Cl)cccc3n([C@H]3CCC[C@@H](CNC(=O)c4ccc(F)nc4)C3)c2=O)=NC1. The van der Waals surface area contributed by atoms with E-state index in [0.29, 0.717) is 34.3 Å². The summed E-state index contributed by atoms with van der Waals surface area (Å²) in [5, 5.41) is 5.76. The fraction of sp³-hybridized carbons (Fsp3) is 0.360. The Labute approximate surface area is 194 Å². The lowest BCUT2D eigenvalue weighted by atomic mass is 9.85. The highest BCUT2D eigenvalue weighted by molar-refractivity contribution is 6.35. The molecule has 0 spiro atoms. The van der Waals surface area contributed by atoms with Gasteiger partial charge in [-0.1, -0.05) is 24.1 Å². The van der Waals surface area contributed by atoms with E-state index in [1.54, 1.807) is 0 Å². The molecule has 0 radical (unpaired) electrons. The van der Waals surface area contributed by atoms with Gasteiger partial charge in [0.05, 0.1) is 33.2 Å². The Morgan fingerprint density at radius 3 is 2.91 bits per heavy atom. The summed E-state index contributed by atoms with van der Waals surface area (Å²) in [6.07, 6.45) is 4.83. The summed E-state index contributed by atoms with van der Waals surface area (Å²) in [6, 6.07) is 8.26. The van der Waals surface area contributed by atoms with Crippen LogP contribution in [0.3, 0.4) is 0 Å². The maximum atomic E-state index is 13.6. The number of rotatable bonds is 4. The van der Waals surface area contributed by atoms with Gasteiger partial charge in [0.1, 0.15) is 0 Å². The third kappa shape index (κ3) is 3.95. The topological polar surface area (TPSA) is 76.3 Å².